The van der Waals surface area contributed by atoms with Gasteiger partial charge in [-0.3, -0.25) is 9.69 Å². The summed E-state index contributed by atoms with van der Waals surface area (Å²) in [4.78, 5) is 13.4. The summed E-state index contributed by atoms with van der Waals surface area (Å²) in [5.41, 5.74) is 0. The van der Waals surface area contributed by atoms with Gasteiger partial charge in [-0.25, -0.2) is 0 Å². The molecular formula is C10H19NO2. The number of hydrogen-bond acceptors (Lipinski definition) is 3. The molecule has 0 saturated heterocycles. The molecule has 3 heteroatoms. The summed E-state index contributed by atoms with van der Waals surface area (Å²) in [6.45, 7) is 2.95. The maximum Gasteiger partial charge on any atom is 0.172 e. The SMILES string of the molecule is COCC(=O)CN(C)C(C)C1CC1. The minimum atomic E-state index is 0.164. The maximum absolute atomic E-state index is 11.2. The number of likely N-dealkylation sites (N-methyl/N-ethyl adjacent to an activating group) is 1. The predicted octanol–water partition coefficient (Wildman–Crippen LogP) is 0.932. The summed E-state index contributed by atoms with van der Waals surface area (Å²) in [5, 5.41) is 0. The summed E-state index contributed by atoms with van der Waals surface area (Å²) >= 11 is 0. The second kappa shape index (κ2) is 4.72. The second-order valence-corrected chi connectivity index (χ2v) is 3.96. The molecule has 0 aliphatic heterocycles. The Bertz CT molecular complexity index is 178. The van der Waals surface area contributed by atoms with E-state index in [0.717, 1.165) is 5.92 Å². The van der Waals surface area contributed by atoms with E-state index in [4.69, 9.17) is 4.74 Å². The number of nitrogens with zero attached hydrogens (tertiary/aromatic N) is 1. The van der Waals surface area contributed by atoms with E-state index in [1.54, 1.807) is 7.11 Å². The predicted molar refractivity (Wildman–Crippen MR) is 51.7 cm³/mol. The molecule has 0 amide bonds. The van der Waals surface area contributed by atoms with Crippen LogP contribution in [0.2, 0.25) is 0 Å². The van der Waals surface area contributed by atoms with Crippen LogP contribution < -0.4 is 0 Å². The third-order valence-corrected chi connectivity index (χ3v) is 2.73. The van der Waals surface area contributed by atoms with Crippen molar-refractivity contribution in [3.05, 3.63) is 0 Å². The number of carbonyl (C=O) groups is 1. The minimum Gasteiger partial charge on any atom is -0.377 e. The largest absolute Gasteiger partial charge is 0.377 e. The molecule has 0 aromatic heterocycles. The zero-order valence-electron chi connectivity index (χ0n) is 8.75. The lowest BCUT2D eigenvalue weighted by atomic mass is 10.2. The zero-order chi connectivity index (χ0) is 9.84. The number of rotatable bonds is 6. The first-order valence-electron chi connectivity index (χ1n) is 4.86. The molecule has 76 valence electrons. The van der Waals surface area contributed by atoms with Crippen molar-refractivity contribution in [1.82, 2.24) is 4.90 Å². The maximum atomic E-state index is 11.2. The molecule has 0 N–H and O–H groups in total. The second-order valence-electron chi connectivity index (χ2n) is 3.96. The Kier molecular flexibility index (Phi) is 3.88. The number of Topliss-reactive ketones (excluding diaryl/α,β-unsaturated/α-hetero) is 1. The highest BCUT2D eigenvalue weighted by molar-refractivity contribution is 5.81. The van der Waals surface area contributed by atoms with Gasteiger partial charge in [0.15, 0.2) is 5.78 Å². The van der Waals surface area contributed by atoms with E-state index in [1.165, 1.54) is 12.8 Å². The molecule has 0 aromatic carbocycles. The third kappa shape index (κ3) is 3.44. The van der Waals surface area contributed by atoms with Gasteiger partial charge in [0.05, 0.1) is 6.54 Å². The molecule has 3 nitrogen and oxygen atoms in total. The van der Waals surface area contributed by atoms with Gasteiger partial charge in [0, 0.05) is 13.2 Å². The van der Waals surface area contributed by atoms with E-state index < -0.39 is 0 Å². The number of carbonyl (C=O) groups excluding carboxylic acids is 1. The van der Waals surface area contributed by atoms with Crippen LogP contribution in [-0.4, -0.2) is 44.0 Å². The molecule has 0 spiro atoms. The van der Waals surface area contributed by atoms with E-state index >= 15 is 0 Å². The molecule has 0 radical (unpaired) electrons. The summed E-state index contributed by atoms with van der Waals surface area (Å²) in [7, 11) is 3.57. The van der Waals surface area contributed by atoms with Crippen molar-refractivity contribution in [3.63, 3.8) is 0 Å². The Labute approximate surface area is 80.1 Å². The quantitative estimate of drug-likeness (QED) is 0.616. The Morgan fingerprint density at radius 1 is 1.62 bits per heavy atom. The topological polar surface area (TPSA) is 29.5 Å². The van der Waals surface area contributed by atoms with Crippen LogP contribution in [-0.2, 0) is 9.53 Å². The summed E-state index contributed by atoms with van der Waals surface area (Å²) in [6.07, 6.45) is 2.65. The number of methoxy groups -OCH3 is 1. The molecule has 1 unspecified atom stereocenters. The highest BCUT2D eigenvalue weighted by Gasteiger charge is 2.30. The van der Waals surface area contributed by atoms with E-state index in [1.807, 2.05) is 7.05 Å². The normalized spacial score (nSPS) is 19.1. The third-order valence-electron chi connectivity index (χ3n) is 2.73. The standard InChI is InChI=1S/C10H19NO2/c1-8(9-4-5-9)11(2)6-10(12)7-13-3/h8-9H,4-7H2,1-3H3. The molecule has 13 heavy (non-hydrogen) atoms. The lowest BCUT2D eigenvalue weighted by molar-refractivity contribution is -0.124. The van der Waals surface area contributed by atoms with Crippen LogP contribution in [0.1, 0.15) is 19.8 Å². The van der Waals surface area contributed by atoms with Crippen LogP contribution in [0.3, 0.4) is 0 Å². The molecule has 1 atom stereocenters. The Morgan fingerprint density at radius 3 is 2.69 bits per heavy atom. The first kappa shape index (κ1) is 10.7. The van der Waals surface area contributed by atoms with Gasteiger partial charge < -0.3 is 4.74 Å². The number of ether oxygens (including phenoxy) is 1. The molecule has 1 rings (SSSR count). The molecule has 0 aromatic rings. The average Bonchev–Trinajstić information content (AvgIpc) is 2.85. The fourth-order valence-corrected chi connectivity index (χ4v) is 1.57. The smallest absolute Gasteiger partial charge is 0.172 e. The Hall–Kier alpha value is -0.410. The molecule has 1 fully saturated rings. The first-order chi connectivity index (χ1) is 6.15. The zero-order valence-corrected chi connectivity index (χ0v) is 8.75. The highest BCUT2D eigenvalue weighted by atomic mass is 16.5. The van der Waals surface area contributed by atoms with Gasteiger partial charge in [0.1, 0.15) is 6.61 Å². The monoisotopic (exact) mass is 185 g/mol. The molecule has 0 heterocycles. The van der Waals surface area contributed by atoms with Gasteiger partial charge in [0.2, 0.25) is 0 Å². The average molecular weight is 185 g/mol. The molecule has 0 bridgehead atoms. The summed E-state index contributed by atoms with van der Waals surface area (Å²) < 4.78 is 4.78. The Morgan fingerprint density at radius 2 is 2.23 bits per heavy atom. The van der Waals surface area contributed by atoms with Crippen molar-refractivity contribution < 1.29 is 9.53 Å². The van der Waals surface area contributed by atoms with Crippen LogP contribution in [0.5, 0.6) is 0 Å². The lowest BCUT2D eigenvalue weighted by Gasteiger charge is -2.23. The fourth-order valence-electron chi connectivity index (χ4n) is 1.57. The number of ketones is 1. The first-order valence-corrected chi connectivity index (χ1v) is 4.86. The van der Waals surface area contributed by atoms with E-state index in [2.05, 4.69) is 11.8 Å². The van der Waals surface area contributed by atoms with Crippen molar-refractivity contribution in [2.75, 3.05) is 27.3 Å². The van der Waals surface area contributed by atoms with Crippen LogP contribution in [0.25, 0.3) is 0 Å². The van der Waals surface area contributed by atoms with Gasteiger partial charge in [-0.05, 0) is 32.7 Å². The molecule has 1 aliphatic carbocycles. The van der Waals surface area contributed by atoms with Gasteiger partial charge in [-0.2, -0.15) is 0 Å². The lowest BCUT2D eigenvalue weighted by Crippen LogP contribution is -2.36. The van der Waals surface area contributed by atoms with Gasteiger partial charge in [-0.1, -0.05) is 0 Å². The summed E-state index contributed by atoms with van der Waals surface area (Å²) in [5.74, 6) is 0.984. The van der Waals surface area contributed by atoms with Gasteiger partial charge >= 0.3 is 0 Å². The fraction of sp³-hybridized carbons (Fsp3) is 0.900. The van der Waals surface area contributed by atoms with Crippen LogP contribution in [0.15, 0.2) is 0 Å². The van der Waals surface area contributed by atoms with E-state index in [0.29, 0.717) is 12.6 Å². The van der Waals surface area contributed by atoms with Crippen molar-refractivity contribution in [1.29, 1.82) is 0 Å². The Balaban J connectivity index is 2.22. The van der Waals surface area contributed by atoms with Crippen LogP contribution in [0.4, 0.5) is 0 Å². The summed E-state index contributed by atoms with van der Waals surface area (Å²) in [6, 6.07) is 0.542. The number of hydrogen-bond donors (Lipinski definition) is 0. The molecular weight excluding hydrogens is 166 g/mol. The van der Waals surface area contributed by atoms with Gasteiger partial charge in [0.25, 0.3) is 0 Å². The molecule has 1 aliphatic rings. The van der Waals surface area contributed by atoms with Crippen molar-refractivity contribution in [3.8, 4) is 0 Å². The minimum absolute atomic E-state index is 0.164. The van der Waals surface area contributed by atoms with E-state index in [9.17, 15) is 4.79 Å². The van der Waals surface area contributed by atoms with Crippen LogP contribution >= 0.6 is 0 Å². The van der Waals surface area contributed by atoms with Crippen LogP contribution in [0, 0.1) is 5.92 Å². The van der Waals surface area contributed by atoms with Gasteiger partial charge in [-0.15, -0.1) is 0 Å². The van der Waals surface area contributed by atoms with Crippen molar-refractivity contribution in [2.24, 2.45) is 5.92 Å². The molecule has 1 saturated carbocycles. The highest BCUT2D eigenvalue weighted by Crippen LogP contribution is 2.34. The van der Waals surface area contributed by atoms with Crippen molar-refractivity contribution in [2.45, 2.75) is 25.8 Å². The van der Waals surface area contributed by atoms with E-state index in [-0.39, 0.29) is 12.4 Å². The van der Waals surface area contributed by atoms with Crippen molar-refractivity contribution >= 4 is 5.78 Å².